The van der Waals surface area contributed by atoms with Crippen LogP contribution in [0.2, 0.25) is 0 Å². The van der Waals surface area contributed by atoms with Crippen molar-refractivity contribution < 1.29 is 4.79 Å². The molecule has 2 rings (SSSR count). The Kier molecular flexibility index (Phi) is 5.47. The smallest absolute Gasteiger partial charge is 0.272 e. The fraction of sp³-hybridized carbons (Fsp3) is 0.500. The first-order chi connectivity index (χ1) is 11.3. The maximum atomic E-state index is 12.3. The number of benzene rings is 1. The van der Waals surface area contributed by atoms with Crippen molar-refractivity contribution in [3.05, 3.63) is 41.6 Å². The third-order valence-electron chi connectivity index (χ3n) is 4.35. The summed E-state index contributed by atoms with van der Waals surface area (Å²) in [5.41, 5.74) is 3.97. The van der Waals surface area contributed by atoms with E-state index in [1.165, 1.54) is 5.56 Å². The van der Waals surface area contributed by atoms with Crippen molar-refractivity contribution in [3.63, 3.8) is 0 Å². The van der Waals surface area contributed by atoms with Gasteiger partial charge in [0.1, 0.15) is 0 Å². The van der Waals surface area contributed by atoms with Gasteiger partial charge in [-0.25, -0.2) is 0 Å². The number of nitrogens with zero attached hydrogens (tertiary/aromatic N) is 2. The second kappa shape index (κ2) is 7.20. The van der Waals surface area contributed by atoms with Gasteiger partial charge in [-0.05, 0) is 42.9 Å². The van der Waals surface area contributed by atoms with Crippen LogP contribution < -0.4 is 5.32 Å². The van der Waals surface area contributed by atoms with Crippen molar-refractivity contribution in [2.24, 2.45) is 0 Å². The molecule has 24 heavy (non-hydrogen) atoms. The highest BCUT2D eigenvalue weighted by Gasteiger charge is 2.17. The monoisotopic (exact) mass is 327 g/mol. The summed E-state index contributed by atoms with van der Waals surface area (Å²) in [6.07, 6.45) is 0.904. The Morgan fingerprint density at radius 1 is 1.21 bits per heavy atom. The van der Waals surface area contributed by atoms with E-state index in [-0.39, 0.29) is 17.4 Å². The molecule has 4 nitrogen and oxygen atoms in total. The van der Waals surface area contributed by atoms with Crippen LogP contribution >= 0.6 is 0 Å². The fourth-order valence-electron chi connectivity index (χ4n) is 2.54. The average molecular weight is 327 g/mol. The number of rotatable bonds is 5. The third-order valence-corrected chi connectivity index (χ3v) is 4.35. The lowest BCUT2D eigenvalue weighted by Crippen LogP contribution is -2.32. The molecule has 1 N–H and O–H groups in total. The van der Waals surface area contributed by atoms with E-state index < -0.39 is 0 Å². The summed E-state index contributed by atoms with van der Waals surface area (Å²) in [7, 11) is 0. The zero-order valence-electron chi connectivity index (χ0n) is 15.7. The van der Waals surface area contributed by atoms with Crippen LogP contribution in [0.25, 0.3) is 11.3 Å². The van der Waals surface area contributed by atoms with Gasteiger partial charge < -0.3 is 5.32 Å². The molecule has 1 amide bonds. The van der Waals surface area contributed by atoms with Crippen LogP contribution in [0.1, 0.15) is 64.0 Å². The van der Waals surface area contributed by atoms with E-state index in [2.05, 4.69) is 62.4 Å². The Bertz CT molecular complexity index is 693. The number of nitrogens with one attached hydrogen (secondary N) is 1. The molecule has 0 fully saturated rings. The molecule has 1 heterocycles. The lowest BCUT2D eigenvalue weighted by Gasteiger charge is -2.19. The number of carbonyl (C=O) groups is 1. The molecule has 2 aromatic rings. The van der Waals surface area contributed by atoms with Crippen LogP contribution in [0.15, 0.2) is 30.3 Å². The average Bonchev–Trinajstić information content (AvgIpc) is 2.98. The maximum absolute atomic E-state index is 12.3. The zero-order chi connectivity index (χ0) is 17.9. The number of hydrogen-bond donors (Lipinski definition) is 1. The van der Waals surface area contributed by atoms with Crippen molar-refractivity contribution >= 4 is 5.91 Å². The van der Waals surface area contributed by atoms with Crippen LogP contribution in [0.5, 0.6) is 0 Å². The highest BCUT2D eigenvalue weighted by atomic mass is 16.2. The molecule has 0 radical (unpaired) electrons. The summed E-state index contributed by atoms with van der Waals surface area (Å²) in [4.78, 5) is 12.3. The first kappa shape index (κ1) is 18.2. The predicted octanol–water partition coefficient (Wildman–Crippen LogP) is 4.40. The summed E-state index contributed by atoms with van der Waals surface area (Å²) in [6.45, 7) is 13.4. The minimum absolute atomic E-state index is 0.107. The normalized spacial score (nSPS) is 12.9. The van der Waals surface area contributed by atoms with Crippen molar-refractivity contribution in [1.82, 2.24) is 15.1 Å². The van der Waals surface area contributed by atoms with Gasteiger partial charge in [-0.2, -0.15) is 5.10 Å². The molecule has 130 valence electrons. The van der Waals surface area contributed by atoms with Gasteiger partial charge in [0, 0.05) is 12.6 Å². The van der Waals surface area contributed by atoms with Crippen molar-refractivity contribution in [1.29, 1.82) is 0 Å². The molecular weight excluding hydrogens is 298 g/mol. The molecule has 1 aromatic carbocycles. The molecule has 1 aromatic heterocycles. The second-order valence-corrected chi connectivity index (χ2v) is 7.34. The third kappa shape index (κ3) is 4.05. The largest absolute Gasteiger partial charge is 0.348 e. The first-order valence-electron chi connectivity index (χ1n) is 8.75. The van der Waals surface area contributed by atoms with Crippen molar-refractivity contribution in [2.75, 3.05) is 0 Å². The second-order valence-electron chi connectivity index (χ2n) is 7.34. The Morgan fingerprint density at radius 2 is 1.83 bits per heavy atom. The first-order valence-corrected chi connectivity index (χ1v) is 8.75. The summed E-state index contributed by atoms with van der Waals surface area (Å²) < 4.78 is 1.89. The number of amides is 1. The molecule has 0 bridgehead atoms. The van der Waals surface area contributed by atoms with Gasteiger partial charge in [0.15, 0.2) is 5.69 Å². The van der Waals surface area contributed by atoms with Gasteiger partial charge in [0.2, 0.25) is 0 Å². The minimum Gasteiger partial charge on any atom is -0.348 e. The zero-order valence-corrected chi connectivity index (χ0v) is 15.7. The Hall–Kier alpha value is -2.10. The van der Waals surface area contributed by atoms with Crippen molar-refractivity contribution in [2.45, 2.75) is 66.0 Å². The topological polar surface area (TPSA) is 46.9 Å². The summed E-state index contributed by atoms with van der Waals surface area (Å²) >= 11 is 0. The standard InChI is InChI=1S/C20H29N3O/c1-7-14(3)21-19(24)17-13-18(23(8-2)22-17)15-9-11-16(12-10-15)20(4,5)6/h9-14H,7-8H2,1-6H3,(H,21,24). The van der Waals surface area contributed by atoms with Gasteiger partial charge in [-0.3, -0.25) is 9.48 Å². The minimum atomic E-state index is -0.107. The highest BCUT2D eigenvalue weighted by molar-refractivity contribution is 5.93. The lowest BCUT2D eigenvalue weighted by atomic mass is 9.86. The number of aryl methyl sites for hydroxylation is 1. The molecule has 4 heteroatoms. The molecule has 0 saturated carbocycles. The summed E-state index contributed by atoms with van der Waals surface area (Å²) in [5, 5.41) is 7.44. The molecule has 0 aliphatic carbocycles. The van der Waals surface area contributed by atoms with E-state index in [4.69, 9.17) is 0 Å². The van der Waals surface area contributed by atoms with Gasteiger partial charge in [-0.15, -0.1) is 0 Å². The Balaban J connectivity index is 2.32. The summed E-state index contributed by atoms with van der Waals surface area (Å²) in [5.74, 6) is -0.107. The van der Waals surface area contributed by atoms with Crippen LogP contribution in [0, 0.1) is 0 Å². The number of hydrogen-bond acceptors (Lipinski definition) is 2. The van der Waals surface area contributed by atoms with Crippen LogP contribution in [-0.4, -0.2) is 21.7 Å². The van der Waals surface area contributed by atoms with E-state index in [0.717, 1.165) is 24.2 Å². The molecule has 1 unspecified atom stereocenters. The fourth-order valence-corrected chi connectivity index (χ4v) is 2.54. The molecule has 1 atom stereocenters. The Labute approximate surface area is 145 Å². The quantitative estimate of drug-likeness (QED) is 0.885. The SMILES string of the molecule is CCC(C)NC(=O)c1cc(-c2ccc(C(C)(C)C)cc2)n(CC)n1. The van der Waals surface area contributed by atoms with Gasteiger partial charge in [-0.1, -0.05) is 52.0 Å². The van der Waals surface area contributed by atoms with Crippen LogP contribution in [0.3, 0.4) is 0 Å². The molecule has 0 aliphatic heterocycles. The van der Waals surface area contributed by atoms with E-state index in [1.54, 1.807) is 0 Å². The Morgan fingerprint density at radius 3 is 2.33 bits per heavy atom. The van der Waals surface area contributed by atoms with Gasteiger partial charge in [0.05, 0.1) is 5.69 Å². The van der Waals surface area contributed by atoms with Gasteiger partial charge >= 0.3 is 0 Å². The van der Waals surface area contributed by atoms with Crippen LogP contribution in [-0.2, 0) is 12.0 Å². The van der Waals surface area contributed by atoms with E-state index in [9.17, 15) is 4.79 Å². The molecule has 0 spiro atoms. The van der Waals surface area contributed by atoms with Crippen molar-refractivity contribution in [3.8, 4) is 11.3 Å². The lowest BCUT2D eigenvalue weighted by molar-refractivity contribution is 0.0933. The number of aromatic nitrogens is 2. The highest BCUT2D eigenvalue weighted by Crippen LogP contribution is 2.26. The summed E-state index contributed by atoms with van der Waals surface area (Å²) in [6, 6.07) is 10.6. The predicted molar refractivity (Wildman–Crippen MR) is 99.3 cm³/mol. The number of carbonyl (C=O) groups excluding carboxylic acids is 1. The molecular formula is C20H29N3O. The van der Waals surface area contributed by atoms with E-state index in [0.29, 0.717) is 5.69 Å². The molecule has 0 aliphatic rings. The maximum Gasteiger partial charge on any atom is 0.272 e. The van der Waals surface area contributed by atoms with Crippen LogP contribution in [0.4, 0.5) is 0 Å². The molecule has 0 saturated heterocycles. The van der Waals surface area contributed by atoms with E-state index >= 15 is 0 Å². The van der Waals surface area contributed by atoms with E-state index in [1.807, 2.05) is 24.6 Å². The van der Waals surface area contributed by atoms with Gasteiger partial charge in [0.25, 0.3) is 5.91 Å².